The third kappa shape index (κ3) is 8.23. The molecule has 0 aliphatic carbocycles. The van der Waals surface area contributed by atoms with Gasteiger partial charge in [-0.25, -0.2) is 9.59 Å². The number of carbonyl (C=O) groups excluding carboxylic acids is 3. The minimum absolute atomic E-state index is 0.0556. The highest BCUT2D eigenvalue weighted by Gasteiger charge is 2.38. The van der Waals surface area contributed by atoms with Crippen LogP contribution < -0.4 is 10.6 Å². The highest BCUT2D eigenvalue weighted by atomic mass is 35.5. The lowest BCUT2D eigenvalue weighted by Gasteiger charge is -2.41. The number of amides is 5. The summed E-state index contributed by atoms with van der Waals surface area (Å²) in [7, 11) is 2.13. The van der Waals surface area contributed by atoms with Gasteiger partial charge in [-0.2, -0.15) is 13.2 Å². The molecule has 4 aliphatic heterocycles. The number of halogens is 4. The smallest absolute Gasteiger partial charge is 0.420 e. The number of carbonyl (C=O) groups is 3. The van der Waals surface area contributed by atoms with E-state index in [0.29, 0.717) is 57.4 Å². The first-order valence-electron chi connectivity index (χ1n) is 17.1. The molecule has 3 saturated heterocycles. The number of benzene rings is 1. The fraction of sp³-hybridized carbons (Fsp3) is 0.618. The number of likely N-dealkylation sites (tertiary alicyclic amines) is 3. The second-order valence-electron chi connectivity index (χ2n) is 13.9. The van der Waals surface area contributed by atoms with Crippen LogP contribution in [0.2, 0.25) is 5.02 Å². The van der Waals surface area contributed by atoms with Gasteiger partial charge in [-0.3, -0.25) is 4.79 Å². The Kier molecular flexibility index (Phi) is 10.9. The zero-order valence-corrected chi connectivity index (χ0v) is 29.2. The molecule has 49 heavy (non-hydrogen) atoms. The Morgan fingerprint density at radius 2 is 1.61 bits per heavy atom. The van der Waals surface area contributed by atoms with Crippen LogP contribution in [0.15, 0.2) is 22.9 Å². The van der Waals surface area contributed by atoms with Crippen LogP contribution >= 0.6 is 22.9 Å². The number of nitrogens with one attached hydrogen (secondary N) is 2. The number of nitrogens with zero attached hydrogens (tertiary/aromatic N) is 4. The molecule has 0 saturated carbocycles. The van der Waals surface area contributed by atoms with Gasteiger partial charge in [-0.05, 0) is 106 Å². The lowest BCUT2D eigenvalue weighted by atomic mass is 9.79. The molecule has 1 atom stereocenters. The van der Waals surface area contributed by atoms with Gasteiger partial charge in [0.25, 0.3) is 0 Å². The van der Waals surface area contributed by atoms with Gasteiger partial charge in [-0.15, -0.1) is 11.3 Å². The molecule has 0 bridgehead atoms. The summed E-state index contributed by atoms with van der Waals surface area (Å²) in [6.07, 6.45) is 0.716. The molecule has 10 nitrogen and oxygen atoms in total. The summed E-state index contributed by atoms with van der Waals surface area (Å²) in [4.78, 5) is 48.1. The average molecular weight is 725 g/mol. The van der Waals surface area contributed by atoms with Crippen molar-refractivity contribution in [3.05, 3.63) is 44.6 Å². The Morgan fingerprint density at radius 3 is 2.27 bits per heavy atom. The molecule has 2 aromatic rings. The third-order valence-corrected chi connectivity index (χ3v) is 11.9. The van der Waals surface area contributed by atoms with Crippen molar-refractivity contribution < 1.29 is 32.7 Å². The highest BCUT2D eigenvalue weighted by molar-refractivity contribution is 7.08. The number of alkyl halides is 3. The predicted molar refractivity (Wildman–Crippen MR) is 182 cm³/mol. The van der Waals surface area contributed by atoms with Crippen LogP contribution in [0.25, 0.3) is 0 Å². The van der Waals surface area contributed by atoms with Crippen molar-refractivity contribution in [1.82, 2.24) is 24.9 Å². The number of phenolic OH excluding ortho intramolecular Hbond substituents is 1. The van der Waals surface area contributed by atoms with Gasteiger partial charge in [0.2, 0.25) is 5.91 Å². The Hall–Kier alpha value is -3.23. The van der Waals surface area contributed by atoms with E-state index in [-0.39, 0.29) is 30.0 Å². The number of hydrogen-bond donors (Lipinski definition) is 3. The summed E-state index contributed by atoms with van der Waals surface area (Å²) in [6.45, 7) is 4.44. The van der Waals surface area contributed by atoms with E-state index in [4.69, 9.17) is 11.6 Å². The van der Waals surface area contributed by atoms with E-state index in [9.17, 15) is 32.7 Å². The van der Waals surface area contributed by atoms with Crippen LogP contribution in [0.5, 0.6) is 5.75 Å². The van der Waals surface area contributed by atoms with Crippen LogP contribution in [0.3, 0.4) is 0 Å². The normalized spacial score (nSPS) is 21.2. The minimum Gasteiger partial charge on any atom is -0.506 e. The zero-order chi connectivity index (χ0) is 34.9. The van der Waals surface area contributed by atoms with Crippen molar-refractivity contribution in [2.24, 2.45) is 11.8 Å². The van der Waals surface area contributed by atoms with Crippen molar-refractivity contribution in [3.63, 3.8) is 0 Å². The van der Waals surface area contributed by atoms with Gasteiger partial charge in [0.1, 0.15) is 11.8 Å². The molecule has 5 heterocycles. The summed E-state index contributed by atoms with van der Waals surface area (Å²) in [5, 5.41) is 19.3. The number of aromatic hydroxyl groups is 1. The number of urea groups is 2. The van der Waals surface area contributed by atoms with E-state index in [2.05, 4.69) is 22.6 Å². The molecule has 6 rings (SSSR count). The minimum atomic E-state index is -4.86. The monoisotopic (exact) mass is 724 g/mol. The van der Waals surface area contributed by atoms with Crippen LogP contribution in [0.1, 0.15) is 55.2 Å². The van der Waals surface area contributed by atoms with Crippen LogP contribution in [0.4, 0.5) is 28.4 Å². The number of anilines is 1. The first-order valence-corrected chi connectivity index (χ1v) is 18.4. The SMILES string of the molecule is CN1CCC(C2CCN(C(=O)[C@@H](Cc3cc(Cl)c(O)c(C(F)(F)F)c3)NC(=O)N3CCC(N4CCc5cscc5NC4=O)CC3)CC2)CC1. The summed E-state index contributed by atoms with van der Waals surface area (Å²) >= 11 is 7.56. The second-order valence-corrected chi connectivity index (χ2v) is 15.0. The van der Waals surface area contributed by atoms with Gasteiger partial charge in [0.15, 0.2) is 0 Å². The molecule has 15 heteroatoms. The second kappa shape index (κ2) is 14.9. The van der Waals surface area contributed by atoms with Gasteiger partial charge in [-0.1, -0.05) is 11.6 Å². The van der Waals surface area contributed by atoms with E-state index < -0.39 is 34.6 Å². The summed E-state index contributed by atoms with van der Waals surface area (Å²) in [5.74, 6) is -0.302. The van der Waals surface area contributed by atoms with Crippen LogP contribution in [-0.4, -0.2) is 108 Å². The number of fused-ring (bicyclic) bond motifs is 1. The Morgan fingerprint density at radius 1 is 0.980 bits per heavy atom. The Labute approximate surface area is 293 Å². The maximum Gasteiger partial charge on any atom is 0.420 e. The fourth-order valence-corrected chi connectivity index (χ4v) is 8.93. The van der Waals surface area contributed by atoms with Crippen LogP contribution in [-0.2, 0) is 23.8 Å². The van der Waals surface area contributed by atoms with Crippen molar-refractivity contribution in [3.8, 4) is 5.75 Å². The molecule has 3 N–H and O–H groups in total. The quantitative estimate of drug-likeness (QED) is 0.345. The van der Waals surface area contributed by atoms with Crippen molar-refractivity contribution in [2.45, 2.75) is 69.6 Å². The van der Waals surface area contributed by atoms with Gasteiger partial charge < -0.3 is 35.3 Å². The summed E-state index contributed by atoms with van der Waals surface area (Å²) in [5.41, 5.74) is 0.736. The lowest BCUT2D eigenvalue weighted by Crippen LogP contribution is -2.57. The lowest BCUT2D eigenvalue weighted by molar-refractivity contribution is -0.138. The number of piperidine rings is 3. The molecular weight excluding hydrogens is 681 g/mol. The third-order valence-electron chi connectivity index (χ3n) is 10.8. The maximum absolute atomic E-state index is 14.0. The molecule has 0 unspecified atom stereocenters. The Bertz CT molecular complexity index is 1520. The molecule has 268 valence electrons. The Balaban J connectivity index is 1.12. The van der Waals surface area contributed by atoms with E-state index in [1.54, 1.807) is 21.1 Å². The molecule has 1 aromatic carbocycles. The van der Waals surface area contributed by atoms with Gasteiger partial charge in [0.05, 0.1) is 16.3 Å². The number of phenols is 1. The standard InChI is InChI=1S/C34H44ClF3N6O4S/c1-41-9-2-22(3-10-41)23-4-11-42(12-5-23)31(46)28(18-21-16-26(34(36,37)38)30(45)27(35)17-21)39-32(47)43-13-7-25(8-14-43)44-15-6-24-19-49-20-29(24)40-33(44)48/h16-17,19-20,22-23,25,28,45H,2-15,18H2,1H3,(H,39,47)(H,40,48)/t28-/m1/s1. The molecule has 5 amide bonds. The van der Waals surface area contributed by atoms with E-state index >= 15 is 0 Å². The topological polar surface area (TPSA) is 108 Å². The average Bonchev–Trinajstić information content (AvgIpc) is 3.45. The molecule has 1 aromatic heterocycles. The van der Waals surface area contributed by atoms with Crippen LogP contribution in [0, 0.1) is 11.8 Å². The fourth-order valence-electron chi connectivity index (χ4n) is 7.86. The molecule has 4 aliphatic rings. The van der Waals surface area contributed by atoms with Crippen molar-refractivity contribution >= 4 is 46.6 Å². The first kappa shape index (κ1) is 35.6. The molecule has 0 radical (unpaired) electrons. The first-order chi connectivity index (χ1) is 23.4. The van der Waals surface area contributed by atoms with E-state index in [0.717, 1.165) is 62.5 Å². The number of thiophene rings is 1. The van der Waals surface area contributed by atoms with Crippen molar-refractivity contribution in [2.75, 3.05) is 58.2 Å². The van der Waals surface area contributed by atoms with Gasteiger partial charge in [0, 0.05) is 50.6 Å². The van der Waals surface area contributed by atoms with Gasteiger partial charge >= 0.3 is 18.2 Å². The largest absolute Gasteiger partial charge is 0.506 e. The summed E-state index contributed by atoms with van der Waals surface area (Å²) < 4.78 is 41.2. The predicted octanol–water partition coefficient (Wildman–Crippen LogP) is 5.88. The van der Waals surface area contributed by atoms with E-state index in [1.807, 2.05) is 15.7 Å². The van der Waals surface area contributed by atoms with E-state index in [1.165, 1.54) is 6.07 Å². The number of hydrogen-bond acceptors (Lipinski definition) is 6. The van der Waals surface area contributed by atoms with Crippen molar-refractivity contribution in [1.29, 1.82) is 0 Å². The zero-order valence-electron chi connectivity index (χ0n) is 27.6. The highest BCUT2D eigenvalue weighted by Crippen LogP contribution is 2.41. The number of rotatable bonds is 6. The molecule has 0 spiro atoms. The molecule has 3 fully saturated rings. The maximum atomic E-state index is 14.0. The summed E-state index contributed by atoms with van der Waals surface area (Å²) in [6, 6.07) is 0.164. The molecular formula is C34H44ClF3N6O4S.